The van der Waals surface area contributed by atoms with Crippen LogP contribution in [0.15, 0.2) is 42.7 Å². The van der Waals surface area contributed by atoms with Crippen LogP contribution in [0.2, 0.25) is 0 Å². The van der Waals surface area contributed by atoms with Crippen LogP contribution in [0.1, 0.15) is 20.9 Å². The predicted octanol–water partition coefficient (Wildman–Crippen LogP) is 2.77. The lowest BCUT2D eigenvalue weighted by Crippen LogP contribution is -2.22. The van der Waals surface area contributed by atoms with Gasteiger partial charge in [0.25, 0.3) is 5.91 Å². The van der Waals surface area contributed by atoms with Crippen LogP contribution in [0.25, 0.3) is 10.6 Å². The number of H-pyrrole nitrogens is 1. The second-order valence-corrected chi connectivity index (χ2v) is 5.59. The van der Waals surface area contributed by atoms with Crippen molar-refractivity contribution in [3.63, 3.8) is 0 Å². The summed E-state index contributed by atoms with van der Waals surface area (Å²) in [5.41, 5.74) is 2.70. The molecule has 0 bridgehead atoms. The number of hydrogen-bond acceptors (Lipinski definition) is 4. The number of thiazole rings is 1. The Morgan fingerprint density at radius 3 is 2.86 bits per heavy atom. The molecule has 0 aliphatic carbocycles. The number of rotatable bonds is 4. The summed E-state index contributed by atoms with van der Waals surface area (Å²) in [4.78, 5) is 17.3. The van der Waals surface area contributed by atoms with E-state index in [0.717, 1.165) is 21.8 Å². The molecule has 2 aromatic heterocycles. The Bertz CT molecular complexity index is 734. The molecule has 2 N–H and O–H groups in total. The molecular formula is C15H14N4OS. The maximum absolute atomic E-state index is 12.3. The van der Waals surface area contributed by atoms with E-state index in [1.807, 2.05) is 37.3 Å². The molecule has 0 unspecified atom stereocenters. The van der Waals surface area contributed by atoms with Crippen molar-refractivity contribution in [2.24, 2.45) is 0 Å². The normalized spacial score (nSPS) is 10.5. The predicted molar refractivity (Wildman–Crippen MR) is 82.0 cm³/mol. The Morgan fingerprint density at radius 1 is 1.33 bits per heavy atom. The van der Waals surface area contributed by atoms with Crippen LogP contribution >= 0.6 is 11.3 Å². The van der Waals surface area contributed by atoms with E-state index in [2.05, 4.69) is 20.5 Å². The van der Waals surface area contributed by atoms with E-state index >= 15 is 0 Å². The van der Waals surface area contributed by atoms with Gasteiger partial charge in [-0.25, -0.2) is 4.98 Å². The van der Waals surface area contributed by atoms with Gasteiger partial charge < -0.3 is 5.32 Å². The van der Waals surface area contributed by atoms with Crippen molar-refractivity contribution in [2.75, 3.05) is 0 Å². The Balaban J connectivity index is 1.73. The quantitative estimate of drug-likeness (QED) is 0.778. The number of amides is 1. The van der Waals surface area contributed by atoms with Crippen molar-refractivity contribution in [1.29, 1.82) is 0 Å². The number of carbonyl (C=O) groups excluding carboxylic acids is 1. The molecule has 21 heavy (non-hydrogen) atoms. The highest BCUT2D eigenvalue weighted by Crippen LogP contribution is 2.27. The Morgan fingerprint density at radius 2 is 2.14 bits per heavy atom. The summed E-state index contributed by atoms with van der Waals surface area (Å²) in [6.45, 7) is 2.36. The van der Waals surface area contributed by atoms with Gasteiger partial charge in [-0.05, 0) is 12.5 Å². The summed E-state index contributed by atoms with van der Waals surface area (Å²) in [7, 11) is 0. The number of nitrogens with zero attached hydrogens (tertiary/aromatic N) is 2. The topological polar surface area (TPSA) is 70.7 Å². The summed E-state index contributed by atoms with van der Waals surface area (Å²) in [5, 5.41) is 10.4. The maximum atomic E-state index is 12.3. The summed E-state index contributed by atoms with van der Waals surface area (Å²) < 4.78 is 0. The van der Waals surface area contributed by atoms with Gasteiger partial charge in [0.2, 0.25) is 0 Å². The Kier molecular flexibility index (Phi) is 3.79. The molecule has 0 atom stereocenters. The maximum Gasteiger partial charge on any atom is 0.263 e. The van der Waals surface area contributed by atoms with Crippen molar-refractivity contribution in [3.8, 4) is 10.6 Å². The van der Waals surface area contributed by atoms with E-state index in [4.69, 9.17) is 0 Å². The minimum absolute atomic E-state index is 0.0939. The molecule has 2 heterocycles. The van der Waals surface area contributed by atoms with Crippen LogP contribution in [0.5, 0.6) is 0 Å². The summed E-state index contributed by atoms with van der Waals surface area (Å²) in [6.07, 6.45) is 3.47. The van der Waals surface area contributed by atoms with Crippen LogP contribution in [0.4, 0.5) is 0 Å². The SMILES string of the molecule is Cc1nc(-c2cn[nH]c2)sc1C(=O)NCc1ccccc1. The first-order valence-corrected chi connectivity index (χ1v) is 7.34. The van der Waals surface area contributed by atoms with Crippen molar-refractivity contribution in [2.45, 2.75) is 13.5 Å². The van der Waals surface area contributed by atoms with Crippen LogP contribution in [0, 0.1) is 6.92 Å². The van der Waals surface area contributed by atoms with Crippen LogP contribution in [0.3, 0.4) is 0 Å². The fraction of sp³-hybridized carbons (Fsp3) is 0.133. The zero-order valence-electron chi connectivity index (χ0n) is 11.5. The van der Waals surface area contributed by atoms with Gasteiger partial charge >= 0.3 is 0 Å². The first-order chi connectivity index (χ1) is 10.2. The van der Waals surface area contributed by atoms with E-state index in [-0.39, 0.29) is 5.91 Å². The first-order valence-electron chi connectivity index (χ1n) is 6.53. The molecule has 0 saturated heterocycles. The van der Waals surface area contributed by atoms with E-state index < -0.39 is 0 Å². The molecule has 3 rings (SSSR count). The second-order valence-electron chi connectivity index (χ2n) is 4.59. The molecule has 0 aliphatic heterocycles. The first kappa shape index (κ1) is 13.5. The van der Waals surface area contributed by atoms with Crippen molar-refractivity contribution < 1.29 is 4.79 Å². The number of aromatic nitrogens is 3. The number of aromatic amines is 1. The fourth-order valence-electron chi connectivity index (χ4n) is 1.96. The third kappa shape index (κ3) is 3.00. The average Bonchev–Trinajstić information content (AvgIpc) is 3.15. The number of carbonyl (C=O) groups is 1. The van der Waals surface area contributed by atoms with Gasteiger partial charge in [-0.15, -0.1) is 11.3 Å². The molecule has 0 radical (unpaired) electrons. The van der Waals surface area contributed by atoms with E-state index in [0.29, 0.717) is 11.4 Å². The zero-order chi connectivity index (χ0) is 14.7. The summed E-state index contributed by atoms with van der Waals surface area (Å²) in [5.74, 6) is -0.0939. The van der Waals surface area contributed by atoms with Gasteiger partial charge in [-0.1, -0.05) is 30.3 Å². The lowest BCUT2D eigenvalue weighted by Gasteiger charge is -2.03. The molecule has 0 spiro atoms. The largest absolute Gasteiger partial charge is 0.347 e. The molecule has 1 amide bonds. The van der Waals surface area contributed by atoms with E-state index in [1.165, 1.54) is 11.3 Å². The van der Waals surface area contributed by atoms with Gasteiger partial charge in [-0.3, -0.25) is 9.89 Å². The summed E-state index contributed by atoms with van der Waals surface area (Å²) >= 11 is 1.38. The number of nitrogens with one attached hydrogen (secondary N) is 2. The van der Waals surface area contributed by atoms with Crippen molar-refractivity contribution >= 4 is 17.2 Å². The van der Waals surface area contributed by atoms with E-state index in [1.54, 1.807) is 12.4 Å². The van der Waals surface area contributed by atoms with Crippen LogP contribution < -0.4 is 5.32 Å². The molecule has 3 aromatic rings. The smallest absolute Gasteiger partial charge is 0.263 e. The average molecular weight is 298 g/mol. The molecule has 0 saturated carbocycles. The lowest BCUT2D eigenvalue weighted by molar-refractivity contribution is 0.0954. The van der Waals surface area contributed by atoms with Gasteiger partial charge in [0.1, 0.15) is 9.88 Å². The van der Waals surface area contributed by atoms with Crippen molar-refractivity contribution in [3.05, 3.63) is 58.9 Å². The summed E-state index contributed by atoms with van der Waals surface area (Å²) in [6, 6.07) is 9.83. The highest BCUT2D eigenvalue weighted by molar-refractivity contribution is 7.17. The van der Waals surface area contributed by atoms with Gasteiger partial charge in [0.15, 0.2) is 0 Å². The third-order valence-corrected chi connectivity index (χ3v) is 4.25. The minimum Gasteiger partial charge on any atom is -0.347 e. The Hall–Kier alpha value is -2.47. The lowest BCUT2D eigenvalue weighted by atomic mass is 10.2. The number of benzene rings is 1. The second kappa shape index (κ2) is 5.88. The molecule has 0 aliphatic rings. The van der Waals surface area contributed by atoms with Crippen LogP contribution in [-0.2, 0) is 6.54 Å². The van der Waals surface area contributed by atoms with Gasteiger partial charge in [0, 0.05) is 18.3 Å². The fourth-order valence-corrected chi connectivity index (χ4v) is 2.92. The van der Waals surface area contributed by atoms with Gasteiger partial charge in [-0.2, -0.15) is 5.10 Å². The molecule has 106 valence electrons. The molecule has 0 fully saturated rings. The van der Waals surface area contributed by atoms with Gasteiger partial charge in [0.05, 0.1) is 11.9 Å². The molecule has 5 nitrogen and oxygen atoms in total. The number of aryl methyl sites for hydroxylation is 1. The monoisotopic (exact) mass is 298 g/mol. The van der Waals surface area contributed by atoms with Crippen molar-refractivity contribution in [1.82, 2.24) is 20.5 Å². The van der Waals surface area contributed by atoms with Crippen LogP contribution in [-0.4, -0.2) is 21.1 Å². The minimum atomic E-state index is -0.0939. The third-order valence-electron chi connectivity index (χ3n) is 3.04. The molecular weight excluding hydrogens is 284 g/mol. The Labute approximate surface area is 126 Å². The molecule has 1 aromatic carbocycles. The zero-order valence-corrected chi connectivity index (χ0v) is 12.3. The van der Waals surface area contributed by atoms with E-state index in [9.17, 15) is 4.79 Å². The highest BCUT2D eigenvalue weighted by atomic mass is 32.1. The molecule has 6 heteroatoms. The standard InChI is InChI=1S/C15H14N4OS/c1-10-13(21-15(19-10)12-8-17-18-9-12)14(20)16-7-11-5-3-2-4-6-11/h2-6,8-9H,7H2,1H3,(H,16,20)(H,17,18). The number of hydrogen-bond donors (Lipinski definition) is 2. The highest BCUT2D eigenvalue weighted by Gasteiger charge is 2.16.